The summed E-state index contributed by atoms with van der Waals surface area (Å²) in [6, 6.07) is 21.3. The van der Waals surface area contributed by atoms with E-state index >= 15 is 0 Å². The topological polar surface area (TPSA) is 100 Å². The number of hydrogen-bond donors (Lipinski definition) is 0. The van der Waals surface area contributed by atoms with Crippen molar-refractivity contribution in [2.75, 3.05) is 21.3 Å². The molecule has 0 spiro atoms. The zero-order chi connectivity index (χ0) is 26.8. The molecule has 1 aromatic heterocycles. The highest BCUT2D eigenvalue weighted by Crippen LogP contribution is 2.40. The lowest BCUT2D eigenvalue weighted by molar-refractivity contribution is -0.172. The Morgan fingerprint density at radius 2 is 1.53 bits per heavy atom. The molecular formula is C29H26N2O7. The van der Waals surface area contributed by atoms with Gasteiger partial charge in [0.2, 0.25) is 5.91 Å². The summed E-state index contributed by atoms with van der Waals surface area (Å²) in [7, 11) is 4.31. The van der Waals surface area contributed by atoms with Gasteiger partial charge < -0.3 is 23.5 Å². The fourth-order valence-electron chi connectivity index (χ4n) is 4.79. The molecule has 2 unspecified atom stereocenters. The quantitative estimate of drug-likeness (QED) is 0.260. The number of ether oxygens (including phenoxy) is 3. The first-order chi connectivity index (χ1) is 18.5. The number of esters is 1. The van der Waals surface area contributed by atoms with Crippen molar-refractivity contribution in [1.29, 1.82) is 0 Å². The fraction of sp³-hybridized carbons (Fsp3) is 0.207. The number of methoxy groups -OCH3 is 3. The molecule has 3 aromatic carbocycles. The maximum absolute atomic E-state index is 13.7. The lowest BCUT2D eigenvalue weighted by Crippen LogP contribution is -2.65. The van der Waals surface area contributed by atoms with Crippen LogP contribution in [0.3, 0.4) is 0 Å². The second-order valence-electron chi connectivity index (χ2n) is 8.70. The fourth-order valence-corrected chi connectivity index (χ4v) is 4.79. The van der Waals surface area contributed by atoms with Crippen LogP contribution in [0.5, 0.6) is 11.5 Å². The van der Waals surface area contributed by atoms with Gasteiger partial charge in [-0.3, -0.25) is 9.36 Å². The lowest BCUT2D eigenvalue weighted by atomic mass is 9.92. The number of carbonyl (C=O) groups is 2. The Balaban J connectivity index is 1.61. The van der Waals surface area contributed by atoms with E-state index in [1.54, 1.807) is 25.3 Å². The number of hydrogen-bond acceptors (Lipinski definition) is 7. The molecule has 0 radical (unpaired) electrons. The number of oxazole rings is 1. The van der Waals surface area contributed by atoms with E-state index < -0.39 is 29.7 Å². The van der Waals surface area contributed by atoms with Gasteiger partial charge in [0.15, 0.2) is 17.8 Å². The molecule has 5 rings (SSSR count). The van der Waals surface area contributed by atoms with Gasteiger partial charge in [0.25, 0.3) is 0 Å². The molecule has 1 aliphatic heterocycles. The highest BCUT2D eigenvalue weighted by atomic mass is 16.5. The van der Waals surface area contributed by atoms with Crippen LogP contribution in [-0.4, -0.2) is 48.7 Å². The Hall–Kier alpha value is -4.79. The van der Waals surface area contributed by atoms with Gasteiger partial charge in [0.1, 0.15) is 11.5 Å². The van der Waals surface area contributed by atoms with Gasteiger partial charge in [-0.05, 0) is 12.1 Å². The van der Waals surface area contributed by atoms with Crippen LogP contribution in [-0.2, 0) is 20.9 Å². The summed E-state index contributed by atoms with van der Waals surface area (Å²) in [6.07, 6.45) is 0. The van der Waals surface area contributed by atoms with E-state index in [0.29, 0.717) is 39.6 Å². The molecule has 1 amide bonds. The Bertz CT molecular complexity index is 1530. The Morgan fingerprint density at radius 1 is 0.868 bits per heavy atom. The number of amides is 1. The monoisotopic (exact) mass is 514 g/mol. The number of benzene rings is 3. The predicted molar refractivity (Wildman–Crippen MR) is 139 cm³/mol. The van der Waals surface area contributed by atoms with Crippen LogP contribution >= 0.6 is 0 Å². The van der Waals surface area contributed by atoms with Crippen LogP contribution < -0.4 is 15.2 Å². The van der Waals surface area contributed by atoms with Gasteiger partial charge >= 0.3 is 11.7 Å². The van der Waals surface area contributed by atoms with Crippen molar-refractivity contribution in [3.8, 4) is 34.1 Å². The van der Waals surface area contributed by atoms with E-state index in [1.807, 2.05) is 60.7 Å². The molecule has 2 atom stereocenters. The molecule has 38 heavy (non-hydrogen) atoms. The second-order valence-corrected chi connectivity index (χ2v) is 8.70. The number of rotatable bonds is 8. The maximum atomic E-state index is 13.7. The SMILES string of the molecule is COC(=O)C1C(n2c(-c3ccccc3)c(-c3ccccc3)oc2=O)C(=O)N1Cc1ccc(OC)cc1OC. The average molecular weight is 515 g/mol. The third-order valence-electron chi connectivity index (χ3n) is 6.65. The van der Waals surface area contributed by atoms with Gasteiger partial charge in [-0.25, -0.2) is 9.59 Å². The first kappa shape index (κ1) is 24.9. The lowest BCUT2D eigenvalue weighted by Gasteiger charge is -2.45. The van der Waals surface area contributed by atoms with Crippen molar-refractivity contribution in [2.24, 2.45) is 0 Å². The molecule has 9 heteroatoms. The molecule has 0 aliphatic carbocycles. The summed E-state index contributed by atoms with van der Waals surface area (Å²) in [5.74, 6) is -0.395. The Morgan fingerprint density at radius 3 is 2.13 bits per heavy atom. The highest BCUT2D eigenvalue weighted by molar-refractivity contribution is 5.99. The number of carbonyl (C=O) groups excluding carboxylic acids is 2. The summed E-state index contributed by atoms with van der Waals surface area (Å²) in [6.45, 7) is 0.0705. The van der Waals surface area contributed by atoms with Crippen molar-refractivity contribution in [3.63, 3.8) is 0 Å². The predicted octanol–water partition coefficient (Wildman–Crippen LogP) is 3.92. The molecule has 1 saturated heterocycles. The number of aromatic nitrogens is 1. The van der Waals surface area contributed by atoms with Gasteiger partial charge in [0, 0.05) is 22.8 Å². The summed E-state index contributed by atoms with van der Waals surface area (Å²) < 4.78 is 22.8. The number of nitrogens with zero attached hydrogens (tertiary/aromatic N) is 2. The molecule has 0 saturated carbocycles. The van der Waals surface area contributed by atoms with Crippen LogP contribution in [0.1, 0.15) is 11.6 Å². The summed E-state index contributed by atoms with van der Waals surface area (Å²) >= 11 is 0. The first-order valence-corrected chi connectivity index (χ1v) is 11.9. The van der Waals surface area contributed by atoms with Gasteiger partial charge in [-0.15, -0.1) is 0 Å². The zero-order valence-electron chi connectivity index (χ0n) is 21.1. The minimum Gasteiger partial charge on any atom is -0.497 e. The van der Waals surface area contributed by atoms with E-state index in [4.69, 9.17) is 18.6 Å². The average Bonchev–Trinajstić information content (AvgIpc) is 3.30. The van der Waals surface area contributed by atoms with Crippen molar-refractivity contribution in [3.05, 3.63) is 95.0 Å². The molecule has 9 nitrogen and oxygen atoms in total. The number of likely N-dealkylation sites (tertiary alicyclic amines) is 1. The first-order valence-electron chi connectivity index (χ1n) is 11.9. The second kappa shape index (κ2) is 10.3. The van der Waals surface area contributed by atoms with E-state index in [-0.39, 0.29) is 6.54 Å². The van der Waals surface area contributed by atoms with Crippen LogP contribution in [0.15, 0.2) is 88.1 Å². The highest BCUT2D eigenvalue weighted by Gasteiger charge is 2.55. The smallest absolute Gasteiger partial charge is 0.420 e. The van der Waals surface area contributed by atoms with Crippen LogP contribution in [0.2, 0.25) is 0 Å². The van der Waals surface area contributed by atoms with Crippen molar-refractivity contribution < 1.29 is 28.2 Å². The molecule has 2 heterocycles. The summed E-state index contributed by atoms with van der Waals surface area (Å²) in [5, 5.41) is 0. The van der Waals surface area contributed by atoms with E-state index in [2.05, 4.69) is 0 Å². The third kappa shape index (κ3) is 4.21. The Kier molecular flexibility index (Phi) is 6.74. The third-order valence-corrected chi connectivity index (χ3v) is 6.65. The van der Waals surface area contributed by atoms with E-state index in [1.165, 1.54) is 23.7 Å². The Labute approximate surface area is 218 Å². The van der Waals surface area contributed by atoms with Crippen molar-refractivity contribution >= 4 is 11.9 Å². The van der Waals surface area contributed by atoms with Gasteiger partial charge in [-0.1, -0.05) is 60.7 Å². The summed E-state index contributed by atoms with van der Waals surface area (Å²) in [5.41, 5.74) is 2.42. The maximum Gasteiger partial charge on any atom is 0.420 e. The number of β-lactam (4-membered cyclic amide) rings is 1. The zero-order valence-corrected chi connectivity index (χ0v) is 21.1. The summed E-state index contributed by atoms with van der Waals surface area (Å²) in [4.78, 5) is 41.3. The van der Waals surface area contributed by atoms with Crippen LogP contribution in [0, 0.1) is 0 Å². The van der Waals surface area contributed by atoms with Gasteiger partial charge in [0.05, 0.1) is 33.6 Å². The minimum absolute atomic E-state index is 0.0705. The minimum atomic E-state index is -1.14. The van der Waals surface area contributed by atoms with Gasteiger partial charge in [-0.2, -0.15) is 0 Å². The molecule has 1 fully saturated rings. The van der Waals surface area contributed by atoms with Crippen molar-refractivity contribution in [1.82, 2.24) is 9.47 Å². The largest absolute Gasteiger partial charge is 0.497 e. The molecule has 4 aromatic rings. The standard InChI is InChI=1S/C29H26N2O7/c1-35-21-15-14-20(22(16-21)36-2)17-30-25(28(33)37-3)24(27(30)32)31-23(18-10-6-4-7-11-18)26(38-29(31)34)19-12-8-5-9-13-19/h4-16,24-25H,17H2,1-3H3. The molecule has 1 aliphatic rings. The molecule has 0 bridgehead atoms. The van der Waals surface area contributed by atoms with Crippen molar-refractivity contribution in [2.45, 2.75) is 18.6 Å². The van der Waals surface area contributed by atoms with E-state index in [9.17, 15) is 14.4 Å². The molecular weight excluding hydrogens is 488 g/mol. The van der Waals surface area contributed by atoms with E-state index in [0.717, 1.165) is 0 Å². The molecule has 0 N–H and O–H groups in total. The normalized spacial score (nSPS) is 16.6. The van der Waals surface area contributed by atoms with Crippen LogP contribution in [0.4, 0.5) is 0 Å². The van der Waals surface area contributed by atoms with Crippen LogP contribution in [0.25, 0.3) is 22.6 Å². The molecule has 194 valence electrons.